The fourth-order valence-electron chi connectivity index (χ4n) is 8.90. The van der Waals surface area contributed by atoms with E-state index in [1.165, 1.54) is 32.8 Å². The van der Waals surface area contributed by atoms with Crippen LogP contribution in [0.1, 0.15) is 85.0 Å². The Morgan fingerprint density at radius 1 is 1.00 bits per heavy atom. The maximum absolute atomic E-state index is 11.6. The molecule has 0 aliphatic heterocycles. The summed E-state index contributed by atoms with van der Waals surface area (Å²) in [6.45, 7) is 7.28. The number of carbonyl (C=O) groups is 1. The number of rotatable bonds is 4. The van der Waals surface area contributed by atoms with E-state index in [9.17, 15) is 15.0 Å². The molecule has 0 aromatic heterocycles. The van der Waals surface area contributed by atoms with E-state index in [1.807, 2.05) is 0 Å². The van der Waals surface area contributed by atoms with Crippen LogP contribution in [-0.4, -0.2) is 35.5 Å². The molecule has 0 spiro atoms. The van der Waals surface area contributed by atoms with Crippen molar-refractivity contribution in [2.75, 3.05) is 7.11 Å². The lowest BCUT2D eigenvalue weighted by molar-refractivity contribution is -0.172. The molecule has 4 aliphatic rings. The quantitative estimate of drug-likeness (QED) is 0.671. The Morgan fingerprint density at radius 2 is 1.69 bits per heavy atom. The molecule has 0 aromatic carbocycles. The fraction of sp³-hybridized carbons (Fsp3) is 0.960. The summed E-state index contributed by atoms with van der Waals surface area (Å²) in [5.74, 6) is 3.42. The van der Waals surface area contributed by atoms with Crippen LogP contribution in [0.4, 0.5) is 0 Å². The highest BCUT2D eigenvalue weighted by Crippen LogP contribution is 2.68. The maximum atomic E-state index is 11.6. The predicted molar refractivity (Wildman–Crippen MR) is 113 cm³/mol. The van der Waals surface area contributed by atoms with E-state index in [4.69, 9.17) is 4.74 Å². The van der Waals surface area contributed by atoms with E-state index in [2.05, 4.69) is 20.8 Å². The van der Waals surface area contributed by atoms with Gasteiger partial charge in [0.25, 0.3) is 0 Å². The molecule has 4 aliphatic carbocycles. The molecule has 4 saturated carbocycles. The van der Waals surface area contributed by atoms with E-state index in [1.54, 1.807) is 0 Å². The molecule has 29 heavy (non-hydrogen) atoms. The molecular formula is C25H42O4. The van der Waals surface area contributed by atoms with Crippen LogP contribution in [0.15, 0.2) is 0 Å². The van der Waals surface area contributed by atoms with Gasteiger partial charge in [-0.3, -0.25) is 4.79 Å². The van der Waals surface area contributed by atoms with Gasteiger partial charge in [-0.25, -0.2) is 0 Å². The van der Waals surface area contributed by atoms with Gasteiger partial charge in [-0.2, -0.15) is 0 Å². The van der Waals surface area contributed by atoms with Gasteiger partial charge in [0.05, 0.1) is 19.3 Å². The number of esters is 1. The lowest BCUT2D eigenvalue weighted by atomic mass is 9.44. The van der Waals surface area contributed by atoms with E-state index in [0.29, 0.717) is 41.4 Å². The molecule has 2 N–H and O–H groups in total. The van der Waals surface area contributed by atoms with Crippen LogP contribution in [-0.2, 0) is 9.53 Å². The van der Waals surface area contributed by atoms with E-state index in [-0.39, 0.29) is 29.5 Å². The van der Waals surface area contributed by atoms with Gasteiger partial charge >= 0.3 is 5.97 Å². The Morgan fingerprint density at radius 3 is 2.41 bits per heavy atom. The van der Waals surface area contributed by atoms with Crippen LogP contribution in [0.25, 0.3) is 0 Å². The van der Waals surface area contributed by atoms with Gasteiger partial charge in [-0.1, -0.05) is 20.8 Å². The van der Waals surface area contributed by atoms with Crippen LogP contribution in [0, 0.1) is 46.3 Å². The summed E-state index contributed by atoms with van der Waals surface area (Å²) in [5.41, 5.74) is 0.533. The summed E-state index contributed by atoms with van der Waals surface area (Å²) >= 11 is 0. The molecule has 0 saturated heterocycles. The van der Waals surface area contributed by atoms with E-state index >= 15 is 0 Å². The minimum absolute atomic E-state index is 0.0888. The largest absolute Gasteiger partial charge is 0.469 e. The summed E-state index contributed by atoms with van der Waals surface area (Å²) in [6.07, 6.45) is 9.77. The Hall–Kier alpha value is -0.610. The van der Waals surface area contributed by atoms with Crippen molar-refractivity contribution in [3.63, 3.8) is 0 Å². The molecule has 4 heteroatoms. The van der Waals surface area contributed by atoms with Gasteiger partial charge in [0.1, 0.15) is 0 Å². The molecule has 4 nitrogen and oxygen atoms in total. The Bertz CT molecular complexity index is 620. The number of hydrogen-bond acceptors (Lipinski definition) is 4. The Labute approximate surface area is 176 Å². The molecule has 0 bridgehead atoms. The van der Waals surface area contributed by atoms with Crippen molar-refractivity contribution in [2.45, 2.75) is 97.2 Å². The third-order valence-corrected chi connectivity index (χ3v) is 10.4. The SMILES string of the molecule is COC(=O)CC[C@@H](C)[C@H]1CC[C@@H]2[C@@H]3C[C@H](O)[C@@H]4C[C@H](O)CC[C@]4(C)[C@H]3CC[C@@]21C. The molecule has 10 atom stereocenters. The normalized spacial score (nSPS) is 50.2. The Kier molecular flexibility index (Phi) is 5.83. The van der Waals surface area contributed by atoms with Crippen molar-refractivity contribution in [2.24, 2.45) is 46.3 Å². The van der Waals surface area contributed by atoms with Gasteiger partial charge < -0.3 is 14.9 Å². The molecule has 0 heterocycles. The predicted octanol–water partition coefficient (Wildman–Crippen LogP) is 4.57. The van der Waals surface area contributed by atoms with Crippen molar-refractivity contribution in [3.05, 3.63) is 0 Å². The van der Waals surface area contributed by atoms with Crippen molar-refractivity contribution in [3.8, 4) is 0 Å². The molecule has 4 fully saturated rings. The molecule has 0 radical (unpaired) electrons. The monoisotopic (exact) mass is 406 g/mol. The van der Waals surface area contributed by atoms with Crippen LogP contribution >= 0.6 is 0 Å². The molecule has 166 valence electrons. The van der Waals surface area contributed by atoms with Crippen LogP contribution in [0.3, 0.4) is 0 Å². The van der Waals surface area contributed by atoms with Crippen LogP contribution in [0.2, 0.25) is 0 Å². The number of methoxy groups -OCH3 is 1. The number of aliphatic hydroxyl groups excluding tert-OH is 2. The highest BCUT2D eigenvalue weighted by molar-refractivity contribution is 5.69. The minimum atomic E-state index is -0.255. The summed E-state index contributed by atoms with van der Waals surface area (Å²) < 4.78 is 4.86. The smallest absolute Gasteiger partial charge is 0.305 e. The summed E-state index contributed by atoms with van der Waals surface area (Å²) in [5, 5.41) is 21.3. The molecule has 4 rings (SSSR count). The first-order valence-electron chi connectivity index (χ1n) is 12.1. The molecule has 0 aromatic rings. The lowest BCUT2D eigenvalue weighted by Crippen LogP contribution is -2.58. The van der Waals surface area contributed by atoms with Gasteiger partial charge in [0.15, 0.2) is 0 Å². The third kappa shape index (κ3) is 3.46. The zero-order chi connectivity index (χ0) is 21.0. The lowest BCUT2D eigenvalue weighted by Gasteiger charge is -2.62. The first-order chi connectivity index (χ1) is 13.7. The van der Waals surface area contributed by atoms with Crippen LogP contribution < -0.4 is 0 Å². The van der Waals surface area contributed by atoms with Crippen molar-refractivity contribution in [1.82, 2.24) is 0 Å². The topological polar surface area (TPSA) is 66.8 Å². The zero-order valence-corrected chi connectivity index (χ0v) is 18.9. The van der Waals surface area contributed by atoms with Crippen molar-refractivity contribution >= 4 is 5.97 Å². The van der Waals surface area contributed by atoms with Crippen LogP contribution in [0.5, 0.6) is 0 Å². The second-order valence-electron chi connectivity index (χ2n) is 11.5. The maximum Gasteiger partial charge on any atom is 0.305 e. The summed E-state index contributed by atoms with van der Waals surface area (Å²) in [7, 11) is 1.48. The molecule has 0 unspecified atom stereocenters. The number of carbonyl (C=O) groups excluding carboxylic acids is 1. The Balaban J connectivity index is 1.52. The van der Waals surface area contributed by atoms with Crippen molar-refractivity contribution < 1.29 is 19.7 Å². The van der Waals surface area contributed by atoms with E-state index in [0.717, 1.165) is 32.1 Å². The first-order valence-corrected chi connectivity index (χ1v) is 12.1. The van der Waals surface area contributed by atoms with Gasteiger partial charge in [-0.15, -0.1) is 0 Å². The molecule has 0 amide bonds. The highest BCUT2D eigenvalue weighted by atomic mass is 16.5. The highest BCUT2D eigenvalue weighted by Gasteiger charge is 2.62. The standard InChI is InChI=1S/C25H42O4/c1-15(5-8-23(28)29-4)18-6-7-19-17-14-22(27)21-13-16(26)9-11-25(21,3)20(17)10-12-24(18,19)2/h15-22,26-27H,5-14H2,1-4H3/t15-,16-,17+,18-,19-,20+,21+,22+,24-,25-/m1/s1. The second kappa shape index (κ2) is 7.82. The number of fused-ring (bicyclic) bond motifs is 5. The number of aliphatic hydroxyl groups is 2. The third-order valence-electron chi connectivity index (χ3n) is 10.4. The first kappa shape index (κ1) is 21.6. The molecular weight excluding hydrogens is 364 g/mol. The van der Waals surface area contributed by atoms with E-state index < -0.39 is 0 Å². The fourth-order valence-corrected chi connectivity index (χ4v) is 8.90. The van der Waals surface area contributed by atoms with Gasteiger partial charge in [-0.05, 0) is 104 Å². The van der Waals surface area contributed by atoms with Crippen molar-refractivity contribution in [1.29, 1.82) is 0 Å². The summed E-state index contributed by atoms with van der Waals surface area (Å²) in [6, 6.07) is 0. The number of hydrogen-bond donors (Lipinski definition) is 2. The average Bonchev–Trinajstić information content (AvgIpc) is 3.05. The second-order valence-corrected chi connectivity index (χ2v) is 11.5. The zero-order valence-electron chi connectivity index (χ0n) is 18.9. The van der Waals surface area contributed by atoms with Gasteiger partial charge in [0, 0.05) is 6.42 Å². The minimum Gasteiger partial charge on any atom is -0.469 e. The number of ether oxygens (including phenoxy) is 1. The summed E-state index contributed by atoms with van der Waals surface area (Å²) in [4.78, 5) is 11.6. The van der Waals surface area contributed by atoms with Gasteiger partial charge in [0.2, 0.25) is 0 Å². The average molecular weight is 407 g/mol.